The number of aryl methyl sites for hydroxylation is 1. The summed E-state index contributed by atoms with van der Waals surface area (Å²) in [6, 6.07) is 10.1. The normalized spacial score (nSPS) is 13.3. The Labute approximate surface area is 128 Å². The van der Waals surface area contributed by atoms with E-state index in [1.807, 2.05) is 25.1 Å². The summed E-state index contributed by atoms with van der Waals surface area (Å²) < 4.78 is 28.0. The Bertz CT molecular complexity index is 813. The fourth-order valence-electron chi connectivity index (χ4n) is 2.85. The van der Waals surface area contributed by atoms with Gasteiger partial charge in [-0.2, -0.15) is 5.26 Å². The van der Waals surface area contributed by atoms with Crippen LogP contribution in [0.5, 0.6) is 0 Å². The van der Waals surface area contributed by atoms with Gasteiger partial charge in [-0.05, 0) is 59.7 Å². The molecule has 0 heterocycles. The van der Waals surface area contributed by atoms with Crippen LogP contribution in [0.2, 0.25) is 0 Å². The molecule has 110 valence electrons. The average molecular weight is 295 g/mol. The lowest BCUT2D eigenvalue weighted by atomic mass is 9.86. The summed E-state index contributed by atoms with van der Waals surface area (Å²) in [5.41, 5.74) is 4.24. The van der Waals surface area contributed by atoms with Crippen molar-refractivity contribution in [2.75, 3.05) is 0 Å². The molecule has 2 aromatic carbocycles. The molecule has 1 aliphatic carbocycles. The minimum absolute atomic E-state index is 0.0640. The molecule has 0 aromatic heterocycles. The molecule has 0 saturated carbocycles. The molecule has 0 radical (unpaired) electrons. The zero-order valence-corrected chi connectivity index (χ0v) is 12.3. The van der Waals surface area contributed by atoms with Crippen molar-refractivity contribution in [1.82, 2.24) is 0 Å². The summed E-state index contributed by atoms with van der Waals surface area (Å²) in [5.74, 6) is -0.743. The standard InChI is InChI=1S/C19H15F2N/c1-2-12-3-6-17(19(21)7-12)14-5-4-13-8-16(11-22)18(20)10-15(13)9-14/h3,5-8,10H,2,4,9H2,1H3. The molecule has 0 N–H and O–H groups in total. The Morgan fingerprint density at radius 3 is 2.59 bits per heavy atom. The van der Waals surface area contributed by atoms with Crippen LogP contribution >= 0.6 is 0 Å². The minimum atomic E-state index is -0.510. The molecule has 1 aliphatic rings. The number of nitriles is 1. The third-order valence-electron chi connectivity index (χ3n) is 4.15. The molecular formula is C19H15F2N. The summed E-state index contributed by atoms with van der Waals surface area (Å²) in [6.07, 6.45) is 3.83. The first-order chi connectivity index (χ1) is 10.6. The van der Waals surface area contributed by atoms with E-state index < -0.39 is 5.82 Å². The van der Waals surface area contributed by atoms with Gasteiger partial charge in [0.2, 0.25) is 0 Å². The first kappa shape index (κ1) is 14.5. The average Bonchev–Trinajstić information content (AvgIpc) is 2.53. The summed E-state index contributed by atoms with van der Waals surface area (Å²) in [4.78, 5) is 0. The Morgan fingerprint density at radius 2 is 1.91 bits per heavy atom. The van der Waals surface area contributed by atoms with Crippen molar-refractivity contribution in [2.45, 2.75) is 26.2 Å². The van der Waals surface area contributed by atoms with E-state index in [4.69, 9.17) is 5.26 Å². The molecule has 0 fully saturated rings. The van der Waals surface area contributed by atoms with Gasteiger partial charge in [0.05, 0.1) is 5.56 Å². The molecule has 1 nitrogen and oxygen atoms in total. The monoisotopic (exact) mass is 295 g/mol. The number of allylic oxidation sites excluding steroid dienone is 2. The van der Waals surface area contributed by atoms with Gasteiger partial charge in [-0.15, -0.1) is 0 Å². The lowest BCUT2D eigenvalue weighted by Gasteiger charge is -2.18. The van der Waals surface area contributed by atoms with Crippen LogP contribution in [-0.2, 0) is 19.3 Å². The van der Waals surface area contributed by atoms with Crippen LogP contribution in [0.4, 0.5) is 8.78 Å². The number of fused-ring (bicyclic) bond motifs is 1. The maximum Gasteiger partial charge on any atom is 0.141 e. The molecule has 3 rings (SSSR count). The fourth-order valence-corrected chi connectivity index (χ4v) is 2.85. The molecule has 0 atom stereocenters. The van der Waals surface area contributed by atoms with Gasteiger partial charge < -0.3 is 0 Å². The lowest BCUT2D eigenvalue weighted by molar-refractivity contribution is 0.619. The van der Waals surface area contributed by atoms with Gasteiger partial charge in [0.1, 0.15) is 17.7 Å². The molecule has 0 aliphatic heterocycles. The number of hydrogen-bond acceptors (Lipinski definition) is 1. The molecule has 0 saturated heterocycles. The Balaban J connectivity index is 1.96. The highest BCUT2D eigenvalue weighted by Gasteiger charge is 2.17. The largest absolute Gasteiger partial charge is 0.206 e. The molecule has 2 aromatic rings. The van der Waals surface area contributed by atoms with Crippen LogP contribution in [0, 0.1) is 23.0 Å². The van der Waals surface area contributed by atoms with Crippen LogP contribution in [0.25, 0.3) is 5.57 Å². The van der Waals surface area contributed by atoms with Crippen LogP contribution in [0.3, 0.4) is 0 Å². The van der Waals surface area contributed by atoms with Crippen LogP contribution in [0.15, 0.2) is 36.4 Å². The zero-order valence-electron chi connectivity index (χ0n) is 12.3. The van der Waals surface area contributed by atoms with Crippen LogP contribution < -0.4 is 0 Å². The molecule has 0 amide bonds. The van der Waals surface area contributed by atoms with Gasteiger partial charge in [-0.1, -0.05) is 25.1 Å². The summed E-state index contributed by atoms with van der Waals surface area (Å²) in [7, 11) is 0. The number of benzene rings is 2. The summed E-state index contributed by atoms with van der Waals surface area (Å²) >= 11 is 0. The van der Waals surface area contributed by atoms with Gasteiger partial charge in [0.25, 0.3) is 0 Å². The molecule has 22 heavy (non-hydrogen) atoms. The van der Waals surface area contributed by atoms with Crippen LogP contribution in [0.1, 0.15) is 34.7 Å². The van der Waals surface area contributed by atoms with Crippen LogP contribution in [-0.4, -0.2) is 0 Å². The van der Waals surface area contributed by atoms with E-state index in [0.717, 1.165) is 28.7 Å². The molecular weight excluding hydrogens is 280 g/mol. The topological polar surface area (TPSA) is 23.8 Å². The second-order valence-corrected chi connectivity index (χ2v) is 5.49. The molecule has 0 spiro atoms. The van der Waals surface area contributed by atoms with Crippen molar-refractivity contribution in [3.63, 3.8) is 0 Å². The predicted octanol–water partition coefficient (Wildman–Crippen LogP) is 4.58. The maximum atomic E-state index is 14.2. The Morgan fingerprint density at radius 1 is 1.09 bits per heavy atom. The highest BCUT2D eigenvalue weighted by atomic mass is 19.1. The van der Waals surface area contributed by atoms with Gasteiger partial charge in [-0.3, -0.25) is 0 Å². The van der Waals surface area contributed by atoms with E-state index in [1.54, 1.807) is 18.2 Å². The van der Waals surface area contributed by atoms with E-state index in [9.17, 15) is 8.78 Å². The number of rotatable bonds is 2. The SMILES string of the molecule is CCc1ccc(C2=CCc3cc(C#N)c(F)cc3C2)c(F)c1. The highest BCUT2D eigenvalue weighted by Crippen LogP contribution is 2.30. The predicted molar refractivity (Wildman–Crippen MR) is 82.3 cm³/mol. The van der Waals surface area contributed by atoms with Crippen molar-refractivity contribution in [2.24, 2.45) is 0 Å². The number of halogens is 2. The van der Waals surface area contributed by atoms with Crippen molar-refractivity contribution in [1.29, 1.82) is 5.26 Å². The lowest BCUT2D eigenvalue weighted by Crippen LogP contribution is -2.06. The second kappa shape index (κ2) is 5.73. The summed E-state index contributed by atoms with van der Waals surface area (Å²) in [5, 5.41) is 8.88. The van der Waals surface area contributed by atoms with Crippen molar-refractivity contribution < 1.29 is 8.78 Å². The number of nitrogens with zero attached hydrogens (tertiary/aromatic N) is 1. The third-order valence-corrected chi connectivity index (χ3v) is 4.15. The van der Waals surface area contributed by atoms with Crippen molar-refractivity contribution in [3.8, 4) is 6.07 Å². The third kappa shape index (κ3) is 2.53. The van der Waals surface area contributed by atoms with E-state index in [2.05, 4.69) is 0 Å². The van der Waals surface area contributed by atoms with E-state index in [1.165, 1.54) is 6.07 Å². The zero-order chi connectivity index (χ0) is 15.7. The van der Waals surface area contributed by atoms with Gasteiger partial charge in [0.15, 0.2) is 0 Å². The maximum absolute atomic E-state index is 14.2. The Kier molecular flexibility index (Phi) is 3.77. The van der Waals surface area contributed by atoms with E-state index in [-0.39, 0.29) is 11.4 Å². The smallest absolute Gasteiger partial charge is 0.141 e. The minimum Gasteiger partial charge on any atom is -0.206 e. The molecule has 0 bridgehead atoms. The number of hydrogen-bond donors (Lipinski definition) is 0. The fraction of sp³-hybridized carbons (Fsp3) is 0.211. The van der Waals surface area contributed by atoms with E-state index in [0.29, 0.717) is 18.4 Å². The molecule has 0 unspecified atom stereocenters. The summed E-state index contributed by atoms with van der Waals surface area (Å²) in [6.45, 7) is 1.99. The van der Waals surface area contributed by atoms with Gasteiger partial charge in [0, 0.05) is 5.56 Å². The van der Waals surface area contributed by atoms with Crippen molar-refractivity contribution in [3.05, 3.63) is 75.9 Å². The van der Waals surface area contributed by atoms with Gasteiger partial charge in [-0.25, -0.2) is 8.78 Å². The first-order valence-electron chi connectivity index (χ1n) is 7.31. The highest BCUT2D eigenvalue weighted by molar-refractivity contribution is 5.71. The van der Waals surface area contributed by atoms with Gasteiger partial charge >= 0.3 is 0 Å². The van der Waals surface area contributed by atoms with Crippen molar-refractivity contribution >= 4 is 5.57 Å². The van der Waals surface area contributed by atoms with E-state index >= 15 is 0 Å². The molecule has 3 heteroatoms. The second-order valence-electron chi connectivity index (χ2n) is 5.49. The Hall–Kier alpha value is -2.47. The quantitative estimate of drug-likeness (QED) is 0.795. The first-order valence-corrected chi connectivity index (χ1v) is 7.31.